The number of aryl methyl sites for hydroxylation is 1. The second-order valence-corrected chi connectivity index (χ2v) is 7.40. The highest BCUT2D eigenvalue weighted by molar-refractivity contribution is 5.81. The predicted octanol–water partition coefficient (Wildman–Crippen LogP) is 4.54. The molecule has 0 amide bonds. The van der Waals surface area contributed by atoms with Gasteiger partial charge in [0.05, 0.1) is 11.7 Å². The molecule has 1 aromatic carbocycles. The van der Waals surface area contributed by atoms with E-state index in [9.17, 15) is 4.79 Å². The average molecular weight is 339 g/mol. The van der Waals surface area contributed by atoms with E-state index in [2.05, 4.69) is 17.0 Å². The molecule has 0 aliphatic carbocycles. The fraction of sp³-hybridized carbons (Fsp3) is 0.450. The van der Waals surface area contributed by atoms with Crippen molar-refractivity contribution in [1.29, 1.82) is 0 Å². The fourth-order valence-corrected chi connectivity index (χ4v) is 2.79. The number of aromatic nitrogens is 3. The van der Waals surface area contributed by atoms with Gasteiger partial charge in [0.15, 0.2) is 5.69 Å². The number of hydrogen-bond acceptors (Lipinski definition) is 4. The largest absolute Gasteiger partial charge is 0.439 e. The van der Waals surface area contributed by atoms with Crippen molar-refractivity contribution in [2.24, 2.45) is 0 Å². The van der Waals surface area contributed by atoms with Gasteiger partial charge in [-0.05, 0) is 18.6 Å². The standard InChI is InChI=1S/C20H25N3O2/c1-5-6-9-12-23-15-11-8-7-10-14(15)18(24)17(22-23)19-21-13-16(25-19)20(2,3)4/h7-8,10-11,13H,5-6,9,12H2,1-4H3. The van der Waals surface area contributed by atoms with Gasteiger partial charge in [0, 0.05) is 17.3 Å². The number of benzene rings is 1. The Morgan fingerprint density at radius 3 is 2.60 bits per heavy atom. The summed E-state index contributed by atoms with van der Waals surface area (Å²) >= 11 is 0. The molecule has 0 saturated heterocycles. The molecule has 0 spiro atoms. The van der Waals surface area contributed by atoms with Gasteiger partial charge < -0.3 is 4.42 Å². The summed E-state index contributed by atoms with van der Waals surface area (Å²) in [5.41, 5.74) is 0.840. The molecule has 3 rings (SSSR count). The summed E-state index contributed by atoms with van der Waals surface area (Å²) in [6.07, 6.45) is 4.98. The first-order valence-corrected chi connectivity index (χ1v) is 8.88. The van der Waals surface area contributed by atoms with Crippen LogP contribution in [0.3, 0.4) is 0 Å². The molecule has 0 radical (unpaired) electrons. The van der Waals surface area contributed by atoms with Crippen molar-refractivity contribution in [2.75, 3.05) is 0 Å². The lowest BCUT2D eigenvalue weighted by Crippen LogP contribution is -2.17. The lowest BCUT2D eigenvalue weighted by Gasteiger charge is -2.13. The van der Waals surface area contributed by atoms with Gasteiger partial charge in [-0.1, -0.05) is 52.7 Å². The Balaban J connectivity index is 2.13. The van der Waals surface area contributed by atoms with Gasteiger partial charge in [0.1, 0.15) is 5.76 Å². The van der Waals surface area contributed by atoms with E-state index in [0.717, 1.165) is 37.1 Å². The molecule has 25 heavy (non-hydrogen) atoms. The Morgan fingerprint density at radius 1 is 1.16 bits per heavy atom. The number of oxazole rings is 1. The Morgan fingerprint density at radius 2 is 1.92 bits per heavy atom. The lowest BCUT2D eigenvalue weighted by atomic mass is 9.94. The minimum atomic E-state index is -0.164. The van der Waals surface area contributed by atoms with Crippen molar-refractivity contribution >= 4 is 10.9 Å². The zero-order valence-corrected chi connectivity index (χ0v) is 15.4. The highest BCUT2D eigenvalue weighted by Crippen LogP contribution is 2.26. The van der Waals surface area contributed by atoms with Crippen LogP contribution in [0.15, 0.2) is 39.7 Å². The summed E-state index contributed by atoms with van der Waals surface area (Å²) in [4.78, 5) is 17.2. The van der Waals surface area contributed by atoms with Gasteiger partial charge >= 0.3 is 0 Å². The van der Waals surface area contributed by atoms with E-state index in [0.29, 0.717) is 11.3 Å². The van der Waals surface area contributed by atoms with Crippen LogP contribution in [0.25, 0.3) is 22.5 Å². The quantitative estimate of drug-likeness (QED) is 0.640. The number of rotatable bonds is 5. The lowest BCUT2D eigenvalue weighted by molar-refractivity contribution is 0.414. The zero-order chi connectivity index (χ0) is 18.0. The van der Waals surface area contributed by atoms with Crippen molar-refractivity contribution in [2.45, 2.75) is 58.9 Å². The molecule has 0 fully saturated rings. The molecular weight excluding hydrogens is 314 g/mol. The Hall–Kier alpha value is -2.43. The van der Waals surface area contributed by atoms with Crippen molar-refractivity contribution in [3.63, 3.8) is 0 Å². The summed E-state index contributed by atoms with van der Waals surface area (Å²) in [5, 5.41) is 5.24. The third kappa shape index (κ3) is 3.50. The Labute approximate surface area is 147 Å². The van der Waals surface area contributed by atoms with Gasteiger partial charge in [0.2, 0.25) is 5.43 Å². The molecule has 5 heteroatoms. The maximum absolute atomic E-state index is 12.9. The SMILES string of the molecule is CCCCCn1nc(-c2ncc(C(C)(C)C)o2)c(=O)c2ccccc21. The van der Waals surface area contributed by atoms with Crippen LogP contribution in [0.1, 0.15) is 52.7 Å². The van der Waals surface area contributed by atoms with Crippen molar-refractivity contribution in [1.82, 2.24) is 14.8 Å². The van der Waals surface area contributed by atoms with E-state index in [-0.39, 0.29) is 16.5 Å². The molecule has 0 saturated carbocycles. The van der Waals surface area contributed by atoms with Crippen LogP contribution in [0.2, 0.25) is 0 Å². The Kier molecular flexibility index (Phi) is 4.75. The smallest absolute Gasteiger partial charge is 0.251 e. The summed E-state index contributed by atoms with van der Waals surface area (Å²) in [7, 11) is 0. The molecule has 0 N–H and O–H groups in total. The van der Waals surface area contributed by atoms with Crippen LogP contribution in [-0.4, -0.2) is 14.8 Å². The van der Waals surface area contributed by atoms with E-state index >= 15 is 0 Å². The second kappa shape index (κ2) is 6.82. The van der Waals surface area contributed by atoms with Gasteiger partial charge in [-0.2, -0.15) is 5.10 Å². The normalized spacial score (nSPS) is 12.0. The molecule has 2 heterocycles. The minimum absolute atomic E-state index is 0.135. The highest BCUT2D eigenvalue weighted by atomic mass is 16.4. The topological polar surface area (TPSA) is 60.9 Å². The summed E-state index contributed by atoms with van der Waals surface area (Å²) in [5.74, 6) is 1.04. The number of fused-ring (bicyclic) bond motifs is 1. The van der Waals surface area contributed by atoms with Crippen LogP contribution in [0, 0.1) is 0 Å². The average Bonchev–Trinajstić information content (AvgIpc) is 3.07. The third-order valence-electron chi connectivity index (χ3n) is 4.28. The minimum Gasteiger partial charge on any atom is -0.439 e. The highest BCUT2D eigenvalue weighted by Gasteiger charge is 2.22. The zero-order valence-electron chi connectivity index (χ0n) is 15.4. The third-order valence-corrected chi connectivity index (χ3v) is 4.28. The van der Waals surface area contributed by atoms with E-state index < -0.39 is 0 Å². The Bertz CT molecular complexity index is 932. The number of hydrogen-bond donors (Lipinski definition) is 0. The van der Waals surface area contributed by atoms with Crippen LogP contribution >= 0.6 is 0 Å². The number of para-hydroxylation sites is 1. The van der Waals surface area contributed by atoms with Crippen LogP contribution in [0.5, 0.6) is 0 Å². The summed E-state index contributed by atoms with van der Waals surface area (Å²) in [6.45, 7) is 9.09. The van der Waals surface area contributed by atoms with Gasteiger partial charge in [0.25, 0.3) is 5.89 Å². The van der Waals surface area contributed by atoms with Crippen LogP contribution in [0.4, 0.5) is 0 Å². The molecule has 0 unspecified atom stereocenters. The van der Waals surface area contributed by atoms with Crippen LogP contribution < -0.4 is 5.43 Å². The van der Waals surface area contributed by atoms with Gasteiger partial charge in [-0.25, -0.2) is 4.98 Å². The van der Waals surface area contributed by atoms with Crippen LogP contribution in [-0.2, 0) is 12.0 Å². The van der Waals surface area contributed by atoms with E-state index in [1.54, 1.807) is 6.20 Å². The van der Waals surface area contributed by atoms with Gasteiger partial charge in [-0.15, -0.1) is 0 Å². The molecule has 0 atom stereocenters. The first kappa shape index (κ1) is 17.4. The van der Waals surface area contributed by atoms with Crippen molar-refractivity contribution < 1.29 is 4.42 Å². The maximum Gasteiger partial charge on any atom is 0.251 e. The molecule has 132 valence electrons. The fourth-order valence-electron chi connectivity index (χ4n) is 2.79. The van der Waals surface area contributed by atoms with E-state index in [1.807, 2.05) is 49.7 Å². The number of nitrogens with zero attached hydrogens (tertiary/aromatic N) is 3. The molecule has 0 aliphatic rings. The molecule has 5 nitrogen and oxygen atoms in total. The van der Waals surface area contributed by atoms with Gasteiger partial charge in [-0.3, -0.25) is 9.48 Å². The van der Waals surface area contributed by atoms with Crippen molar-refractivity contribution in [3.05, 3.63) is 46.4 Å². The maximum atomic E-state index is 12.9. The second-order valence-electron chi connectivity index (χ2n) is 7.40. The van der Waals surface area contributed by atoms with Crippen molar-refractivity contribution in [3.8, 4) is 11.6 Å². The molecular formula is C20H25N3O2. The molecule has 0 bridgehead atoms. The monoisotopic (exact) mass is 339 g/mol. The predicted molar refractivity (Wildman–Crippen MR) is 99.7 cm³/mol. The van der Waals surface area contributed by atoms with E-state index in [4.69, 9.17) is 4.42 Å². The first-order chi connectivity index (χ1) is 11.9. The van der Waals surface area contributed by atoms with E-state index in [1.165, 1.54) is 0 Å². The summed E-state index contributed by atoms with van der Waals surface area (Å²) in [6, 6.07) is 7.59. The first-order valence-electron chi connectivity index (χ1n) is 8.88. The molecule has 2 aromatic heterocycles. The molecule has 3 aromatic rings. The molecule has 0 aliphatic heterocycles. The summed E-state index contributed by atoms with van der Waals surface area (Å²) < 4.78 is 7.76. The number of unbranched alkanes of at least 4 members (excludes halogenated alkanes) is 2.